The van der Waals surface area contributed by atoms with Gasteiger partial charge in [-0.2, -0.15) is 0 Å². The lowest BCUT2D eigenvalue weighted by Gasteiger charge is -2.22. The molecule has 2 aromatic carbocycles. The van der Waals surface area contributed by atoms with Crippen LogP contribution in [0.5, 0.6) is 0 Å². The topological polar surface area (TPSA) is 102 Å². The van der Waals surface area contributed by atoms with Crippen molar-refractivity contribution in [2.24, 2.45) is 5.92 Å². The van der Waals surface area contributed by atoms with E-state index in [1.54, 1.807) is 0 Å². The second-order valence-corrected chi connectivity index (χ2v) is 9.85. The van der Waals surface area contributed by atoms with E-state index in [-0.39, 0.29) is 6.61 Å². The first-order valence-corrected chi connectivity index (χ1v) is 11.5. The van der Waals surface area contributed by atoms with Crippen molar-refractivity contribution in [1.82, 2.24) is 5.32 Å². The summed E-state index contributed by atoms with van der Waals surface area (Å²) in [7, 11) is -0.868. The van der Waals surface area contributed by atoms with Gasteiger partial charge in [-0.05, 0) is 36.0 Å². The fraction of sp³-hybridized carbons (Fsp3) is 0.391. The second-order valence-electron chi connectivity index (χ2n) is 7.68. The summed E-state index contributed by atoms with van der Waals surface area (Å²) in [5.41, 5.74) is 0.707. The van der Waals surface area contributed by atoms with Crippen LogP contribution in [0, 0.1) is 5.92 Å². The Morgan fingerprint density at radius 1 is 1.13 bits per heavy atom. The van der Waals surface area contributed by atoms with Crippen molar-refractivity contribution in [2.75, 3.05) is 7.11 Å². The van der Waals surface area contributed by atoms with Crippen molar-refractivity contribution in [3.05, 3.63) is 60.2 Å². The highest BCUT2D eigenvalue weighted by atomic mass is 31.1. The Morgan fingerprint density at radius 3 is 2.48 bits per heavy atom. The van der Waals surface area contributed by atoms with Gasteiger partial charge < -0.3 is 14.6 Å². The molecule has 0 aliphatic heterocycles. The molecule has 0 saturated heterocycles. The third-order valence-electron chi connectivity index (χ3n) is 5.71. The predicted octanol–water partition coefficient (Wildman–Crippen LogP) is 4.98. The maximum absolute atomic E-state index is 13.2. The highest BCUT2D eigenvalue weighted by Gasteiger charge is 2.57. The number of alkyl carbamates (subject to hydrolysis) is 1. The molecule has 31 heavy (non-hydrogen) atoms. The number of rotatable bonds is 8. The first-order chi connectivity index (χ1) is 14.9. The molecule has 1 saturated carbocycles. The number of carboxylic acid groups (broad SMARTS) is 1. The minimum Gasteiger partial charge on any atom is -0.481 e. The van der Waals surface area contributed by atoms with Gasteiger partial charge in [-0.15, -0.1) is 0 Å². The molecule has 0 spiro atoms. The van der Waals surface area contributed by atoms with E-state index < -0.39 is 36.9 Å². The third-order valence-corrected chi connectivity index (χ3v) is 8.07. The van der Waals surface area contributed by atoms with Crippen molar-refractivity contribution < 1.29 is 28.7 Å². The number of hydrogen-bond donors (Lipinski definition) is 2. The van der Waals surface area contributed by atoms with Crippen molar-refractivity contribution in [3.63, 3.8) is 0 Å². The van der Waals surface area contributed by atoms with Crippen LogP contribution in [0.15, 0.2) is 54.6 Å². The fourth-order valence-corrected chi connectivity index (χ4v) is 5.97. The first-order valence-electron chi connectivity index (χ1n) is 10.2. The summed E-state index contributed by atoms with van der Waals surface area (Å²) in [6.45, 7) is 1.51. The Labute approximate surface area is 182 Å². The minimum atomic E-state index is -2.20. The molecule has 1 fully saturated rings. The summed E-state index contributed by atoms with van der Waals surface area (Å²) in [5, 5.41) is 12.0. The van der Waals surface area contributed by atoms with Gasteiger partial charge in [0, 0.05) is 14.0 Å². The number of methoxy groups -OCH3 is 1. The smallest absolute Gasteiger partial charge is 0.413 e. The maximum Gasteiger partial charge on any atom is 0.413 e. The van der Waals surface area contributed by atoms with Gasteiger partial charge in [0.15, 0.2) is 5.66 Å². The fourth-order valence-electron chi connectivity index (χ4n) is 3.94. The molecule has 0 heterocycles. The molecule has 2 N–H and O–H groups in total. The van der Waals surface area contributed by atoms with E-state index in [1.165, 1.54) is 14.0 Å². The Hall–Kier alpha value is -2.76. The Morgan fingerprint density at radius 2 is 1.81 bits per heavy atom. The van der Waals surface area contributed by atoms with E-state index in [0.717, 1.165) is 16.7 Å². The molecule has 1 aliphatic carbocycles. The summed E-state index contributed by atoms with van der Waals surface area (Å²) < 4.78 is 23.9. The number of amides is 1. The molecule has 8 heteroatoms. The molecule has 1 amide bonds. The maximum atomic E-state index is 13.2. The summed E-state index contributed by atoms with van der Waals surface area (Å²) in [5.74, 6) is -1.67. The standard InChI is InChI=1S/C23H26NO6P/c1-23(29-2,31(28)20-14-8-13-19(20)21(25)26)24-22(27)30-15-17-11-6-7-12-18(17)16-9-4-3-5-10-16/h3-7,9-12,19-20H,8,13-15H2,1-2H3,(H-,24,25,26,27)/p+1. The number of carbonyl (C=O) groups excluding carboxylic acids is 1. The molecule has 4 atom stereocenters. The average Bonchev–Trinajstić information content (AvgIpc) is 3.28. The lowest BCUT2D eigenvalue weighted by molar-refractivity contribution is -0.141. The van der Waals surface area contributed by atoms with Crippen LogP contribution in [0.3, 0.4) is 0 Å². The van der Waals surface area contributed by atoms with E-state index in [4.69, 9.17) is 9.47 Å². The average molecular weight is 444 g/mol. The number of ether oxygens (including phenoxy) is 2. The zero-order chi connectivity index (χ0) is 22.4. The normalized spacial score (nSPS) is 20.5. The van der Waals surface area contributed by atoms with E-state index in [1.807, 2.05) is 54.6 Å². The predicted molar refractivity (Wildman–Crippen MR) is 117 cm³/mol. The van der Waals surface area contributed by atoms with Crippen LogP contribution in [-0.2, 0) is 25.4 Å². The highest BCUT2D eigenvalue weighted by Crippen LogP contribution is 2.51. The number of nitrogens with one attached hydrogen (secondary N) is 1. The molecule has 3 rings (SSSR count). The first kappa shape index (κ1) is 22.9. The van der Waals surface area contributed by atoms with Gasteiger partial charge in [-0.25, -0.2) is 4.79 Å². The Balaban J connectivity index is 1.67. The lowest BCUT2D eigenvalue weighted by Crippen LogP contribution is -2.46. The van der Waals surface area contributed by atoms with Gasteiger partial charge in [0.05, 0.1) is 0 Å². The van der Waals surface area contributed by atoms with Gasteiger partial charge in [0.25, 0.3) is 0 Å². The van der Waals surface area contributed by atoms with Crippen molar-refractivity contribution >= 4 is 19.9 Å². The van der Waals surface area contributed by atoms with Crippen LogP contribution in [0.1, 0.15) is 31.7 Å². The molecular formula is C23H27NO6P+. The number of benzene rings is 2. The molecule has 0 radical (unpaired) electrons. The number of carbonyl (C=O) groups is 2. The molecule has 1 aliphatic rings. The molecule has 2 aromatic rings. The number of carboxylic acids is 1. The quantitative estimate of drug-likeness (QED) is 0.440. The van der Waals surface area contributed by atoms with Crippen LogP contribution >= 0.6 is 7.80 Å². The van der Waals surface area contributed by atoms with Crippen LogP contribution < -0.4 is 5.32 Å². The molecule has 164 valence electrons. The number of aliphatic carboxylic acids is 1. The lowest BCUT2D eigenvalue weighted by atomic mass is 10.0. The zero-order valence-corrected chi connectivity index (χ0v) is 18.5. The molecule has 0 bridgehead atoms. The SMILES string of the molecule is COC(C)(NC(=O)OCc1ccccc1-c1ccccc1)[P+](=O)C1CCCC1C(=O)O. The zero-order valence-electron chi connectivity index (χ0n) is 17.6. The molecular weight excluding hydrogens is 417 g/mol. The van der Waals surface area contributed by atoms with Crippen LogP contribution in [0.2, 0.25) is 0 Å². The van der Waals surface area contributed by atoms with Gasteiger partial charge >= 0.3 is 25.3 Å². The summed E-state index contributed by atoms with van der Waals surface area (Å²) in [6, 6.07) is 17.4. The highest BCUT2D eigenvalue weighted by molar-refractivity contribution is 7.47. The van der Waals surface area contributed by atoms with Gasteiger partial charge in [-0.3, -0.25) is 10.1 Å². The van der Waals surface area contributed by atoms with Gasteiger partial charge in [-0.1, -0.05) is 59.2 Å². The monoisotopic (exact) mass is 444 g/mol. The summed E-state index contributed by atoms with van der Waals surface area (Å²) >= 11 is 0. The van der Waals surface area contributed by atoms with Crippen LogP contribution in [0.25, 0.3) is 11.1 Å². The summed E-state index contributed by atoms with van der Waals surface area (Å²) in [6.07, 6.45) is 0.900. The second kappa shape index (κ2) is 10.0. The molecule has 0 aromatic heterocycles. The van der Waals surface area contributed by atoms with E-state index in [2.05, 4.69) is 5.32 Å². The minimum absolute atomic E-state index is 0.0225. The van der Waals surface area contributed by atoms with E-state index in [0.29, 0.717) is 19.3 Å². The third kappa shape index (κ3) is 5.30. The largest absolute Gasteiger partial charge is 0.481 e. The molecule has 4 unspecified atom stereocenters. The van der Waals surface area contributed by atoms with Crippen LogP contribution in [0.4, 0.5) is 4.79 Å². The Bertz CT molecular complexity index is 950. The molecule has 7 nitrogen and oxygen atoms in total. The van der Waals surface area contributed by atoms with Crippen molar-refractivity contribution in [3.8, 4) is 11.1 Å². The van der Waals surface area contributed by atoms with Crippen molar-refractivity contribution in [2.45, 2.75) is 43.9 Å². The summed E-state index contributed by atoms with van der Waals surface area (Å²) in [4.78, 5) is 24.0. The van der Waals surface area contributed by atoms with E-state index >= 15 is 0 Å². The number of hydrogen-bond acceptors (Lipinski definition) is 5. The van der Waals surface area contributed by atoms with Crippen LogP contribution in [-0.4, -0.2) is 35.4 Å². The van der Waals surface area contributed by atoms with Gasteiger partial charge in [0.1, 0.15) is 12.5 Å². The van der Waals surface area contributed by atoms with E-state index in [9.17, 15) is 19.3 Å². The van der Waals surface area contributed by atoms with Gasteiger partial charge in [0.2, 0.25) is 0 Å². The Kier molecular flexibility index (Phi) is 7.42. The van der Waals surface area contributed by atoms with Crippen molar-refractivity contribution in [1.29, 1.82) is 0 Å².